The van der Waals surface area contributed by atoms with Crippen LogP contribution in [0.15, 0.2) is 57.6 Å². The number of furan rings is 1. The predicted molar refractivity (Wildman–Crippen MR) is 104 cm³/mol. The number of nitrogens with zero attached hydrogens (tertiary/aromatic N) is 3. The molecule has 1 N–H and O–H groups in total. The lowest BCUT2D eigenvalue weighted by Gasteiger charge is -2.30. The molecule has 2 aromatic heterocycles. The van der Waals surface area contributed by atoms with Crippen LogP contribution in [0, 0.1) is 0 Å². The molecular formula is C21H24N4O3. The Morgan fingerprint density at radius 2 is 1.93 bits per heavy atom. The number of piperidine rings is 1. The van der Waals surface area contributed by atoms with Crippen LogP contribution in [0.25, 0.3) is 11.7 Å². The van der Waals surface area contributed by atoms with Gasteiger partial charge in [-0.1, -0.05) is 30.3 Å². The van der Waals surface area contributed by atoms with Crippen molar-refractivity contribution in [3.63, 3.8) is 0 Å². The molecule has 7 heteroatoms. The number of carbonyl (C=O) groups is 1. The van der Waals surface area contributed by atoms with Gasteiger partial charge in [0, 0.05) is 25.6 Å². The van der Waals surface area contributed by atoms with Gasteiger partial charge in [0.15, 0.2) is 5.76 Å². The molecule has 0 aliphatic carbocycles. The van der Waals surface area contributed by atoms with Gasteiger partial charge in [-0.05, 0) is 43.4 Å². The Morgan fingerprint density at radius 3 is 2.68 bits per heavy atom. The molecule has 0 saturated carbocycles. The molecule has 2 amide bonds. The topological polar surface area (TPSA) is 84.4 Å². The lowest BCUT2D eigenvalue weighted by molar-refractivity contribution is 0.177. The Hall–Kier alpha value is -3.09. The number of likely N-dealkylation sites (tertiary alicyclic amines) is 1. The van der Waals surface area contributed by atoms with Crippen LogP contribution in [0.3, 0.4) is 0 Å². The van der Waals surface area contributed by atoms with Crippen molar-refractivity contribution in [3.8, 4) is 11.7 Å². The van der Waals surface area contributed by atoms with Crippen LogP contribution >= 0.6 is 0 Å². The van der Waals surface area contributed by atoms with E-state index in [9.17, 15) is 4.79 Å². The fourth-order valence-corrected chi connectivity index (χ4v) is 3.47. The molecule has 1 saturated heterocycles. The van der Waals surface area contributed by atoms with E-state index in [-0.39, 0.29) is 11.9 Å². The summed E-state index contributed by atoms with van der Waals surface area (Å²) in [7, 11) is 0. The second-order valence-corrected chi connectivity index (χ2v) is 7.01. The summed E-state index contributed by atoms with van der Waals surface area (Å²) in [5, 5.41) is 11.2. The van der Waals surface area contributed by atoms with E-state index in [0.29, 0.717) is 37.2 Å². The number of aromatic nitrogens is 2. The summed E-state index contributed by atoms with van der Waals surface area (Å²) < 4.78 is 11.0. The van der Waals surface area contributed by atoms with Crippen molar-refractivity contribution in [2.75, 3.05) is 19.6 Å². The van der Waals surface area contributed by atoms with Crippen LogP contribution in [0.4, 0.5) is 4.79 Å². The van der Waals surface area contributed by atoms with Gasteiger partial charge in [-0.2, -0.15) is 0 Å². The highest BCUT2D eigenvalue weighted by molar-refractivity contribution is 5.74. The maximum Gasteiger partial charge on any atom is 0.317 e. The Morgan fingerprint density at radius 1 is 1.11 bits per heavy atom. The van der Waals surface area contributed by atoms with Crippen LogP contribution in [0.1, 0.15) is 36.6 Å². The summed E-state index contributed by atoms with van der Waals surface area (Å²) in [4.78, 5) is 14.2. The van der Waals surface area contributed by atoms with Crippen molar-refractivity contribution in [1.82, 2.24) is 20.4 Å². The SMILES string of the molecule is O=C(NCCCc1ccccc1)N1CCC(c2nnc(-c3ccco3)o2)CC1. The number of carbonyl (C=O) groups excluding carboxylic acids is 1. The van der Waals surface area contributed by atoms with E-state index >= 15 is 0 Å². The zero-order valence-electron chi connectivity index (χ0n) is 15.7. The van der Waals surface area contributed by atoms with Gasteiger partial charge >= 0.3 is 6.03 Å². The van der Waals surface area contributed by atoms with E-state index in [1.54, 1.807) is 18.4 Å². The first-order valence-corrected chi connectivity index (χ1v) is 9.73. The average molecular weight is 380 g/mol. The number of hydrogen-bond donors (Lipinski definition) is 1. The number of nitrogens with one attached hydrogen (secondary N) is 1. The highest BCUT2D eigenvalue weighted by atomic mass is 16.4. The van der Waals surface area contributed by atoms with E-state index in [0.717, 1.165) is 25.7 Å². The van der Waals surface area contributed by atoms with Crippen molar-refractivity contribution in [1.29, 1.82) is 0 Å². The van der Waals surface area contributed by atoms with E-state index < -0.39 is 0 Å². The third-order valence-corrected chi connectivity index (χ3v) is 5.07. The maximum atomic E-state index is 12.4. The third kappa shape index (κ3) is 4.42. The molecule has 3 heterocycles. The molecule has 0 radical (unpaired) electrons. The normalized spacial score (nSPS) is 14.9. The van der Waals surface area contributed by atoms with Crippen LogP contribution in [-0.4, -0.2) is 40.8 Å². The molecule has 0 unspecified atom stereocenters. The van der Waals surface area contributed by atoms with E-state index in [1.807, 2.05) is 23.1 Å². The second kappa shape index (κ2) is 8.73. The number of amides is 2. The van der Waals surface area contributed by atoms with E-state index in [4.69, 9.17) is 8.83 Å². The van der Waals surface area contributed by atoms with Gasteiger partial charge in [0.05, 0.1) is 6.26 Å². The fraction of sp³-hybridized carbons (Fsp3) is 0.381. The van der Waals surface area contributed by atoms with Crippen LogP contribution in [0.2, 0.25) is 0 Å². The van der Waals surface area contributed by atoms with Gasteiger partial charge in [0.1, 0.15) is 0 Å². The van der Waals surface area contributed by atoms with Crippen molar-refractivity contribution in [2.24, 2.45) is 0 Å². The van der Waals surface area contributed by atoms with Crippen LogP contribution in [0.5, 0.6) is 0 Å². The monoisotopic (exact) mass is 380 g/mol. The summed E-state index contributed by atoms with van der Waals surface area (Å²) in [6, 6.07) is 13.9. The highest BCUT2D eigenvalue weighted by Crippen LogP contribution is 2.29. The maximum absolute atomic E-state index is 12.4. The molecule has 4 rings (SSSR count). The van der Waals surface area contributed by atoms with Gasteiger partial charge in [0.2, 0.25) is 5.89 Å². The summed E-state index contributed by atoms with van der Waals surface area (Å²) in [5.74, 6) is 1.78. The predicted octanol–water partition coefficient (Wildman–Crippen LogP) is 3.85. The Bertz CT molecular complexity index is 868. The summed E-state index contributed by atoms with van der Waals surface area (Å²) in [6.07, 6.45) is 5.12. The highest BCUT2D eigenvalue weighted by Gasteiger charge is 2.27. The molecule has 1 fully saturated rings. The lowest BCUT2D eigenvalue weighted by atomic mass is 9.97. The van der Waals surface area contributed by atoms with Gasteiger partial charge in [0.25, 0.3) is 5.89 Å². The first-order chi connectivity index (χ1) is 13.8. The zero-order valence-corrected chi connectivity index (χ0v) is 15.7. The molecule has 0 spiro atoms. The van der Waals surface area contributed by atoms with Crippen molar-refractivity contribution >= 4 is 6.03 Å². The molecule has 3 aromatic rings. The van der Waals surface area contributed by atoms with Gasteiger partial charge < -0.3 is 19.1 Å². The van der Waals surface area contributed by atoms with Crippen molar-refractivity contribution < 1.29 is 13.6 Å². The molecule has 7 nitrogen and oxygen atoms in total. The van der Waals surface area contributed by atoms with Gasteiger partial charge in [-0.15, -0.1) is 10.2 Å². The minimum atomic E-state index is 0.00770. The molecule has 0 bridgehead atoms. The Balaban J connectivity index is 1.20. The fourth-order valence-electron chi connectivity index (χ4n) is 3.47. The summed E-state index contributed by atoms with van der Waals surface area (Å²) in [6.45, 7) is 2.06. The number of benzene rings is 1. The molecule has 0 atom stereocenters. The first kappa shape index (κ1) is 18.3. The van der Waals surface area contributed by atoms with Crippen molar-refractivity contribution in [3.05, 3.63) is 60.2 Å². The number of rotatable bonds is 6. The van der Waals surface area contributed by atoms with Crippen LogP contribution < -0.4 is 5.32 Å². The standard InChI is InChI=1S/C21H24N4O3/c26-21(22-12-4-8-16-6-2-1-3-7-16)25-13-10-17(11-14-25)19-23-24-20(28-19)18-9-5-15-27-18/h1-3,5-7,9,15,17H,4,8,10-14H2,(H,22,26). The molecule has 28 heavy (non-hydrogen) atoms. The minimum Gasteiger partial charge on any atom is -0.459 e. The average Bonchev–Trinajstić information content (AvgIpc) is 3.44. The largest absolute Gasteiger partial charge is 0.459 e. The molecule has 1 aromatic carbocycles. The quantitative estimate of drug-likeness (QED) is 0.657. The molecular weight excluding hydrogens is 356 g/mol. The number of aryl methyl sites for hydroxylation is 1. The lowest BCUT2D eigenvalue weighted by Crippen LogP contribution is -2.44. The third-order valence-electron chi connectivity index (χ3n) is 5.07. The molecule has 1 aliphatic rings. The van der Waals surface area contributed by atoms with E-state index in [1.165, 1.54) is 5.56 Å². The summed E-state index contributed by atoms with van der Waals surface area (Å²) >= 11 is 0. The van der Waals surface area contributed by atoms with Crippen LogP contribution in [-0.2, 0) is 6.42 Å². The smallest absolute Gasteiger partial charge is 0.317 e. The number of urea groups is 1. The molecule has 1 aliphatic heterocycles. The van der Waals surface area contributed by atoms with E-state index in [2.05, 4.69) is 27.6 Å². The number of hydrogen-bond acceptors (Lipinski definition) is 5. The zero-order chi connectivity index (χ0) is 19.2. The van der Waals surface area contributed by atoms with Crippen molar-refractivity contribution in [2.45, 2.75) is 31.6 Å². The van der Waals surface area contributed by atoms with Gasteiger partial charge in [-0.25, -0.2) is 4.79 Å². The second-order valence-electron chi connectivity index (χ2n) is 7.01. The Labute approximate surface area is 163 Å². The van der Waals surface area contributed by atoms with Gasteiger partial charge in [-0.3, -0.25) is 0 Å². The summed E-state index contributed by atoms with van der Waals surface area (Å²) in [5.41, 5.74) is 1.30. The molecule has 146 valence electrons. The minimum absolute atomic E-state index is 0.00770. The first-order valence-electron chi connectivity index (χ1n) is 9.73. The Kier molecular flexibility index (Phi) is 5.70.